The highest BCUT2D eigenvalue weighted by atomic mass is 32.1. The van der Waals surface area contributed by atoms with Crippen molar-refractivity contribution in [3.63, 3.8) is 0 Å². The molecule has 3 rings (SSSR count). The zero-order valence-corrected chi connectivity index (χ0v) is 15.7. The number of thiophene rings is 1. The monoisotopic (exact) mass is 348 g/mol. The van der Waals surface area contributed by atoms with E-state index in [0.29, 0.717) is 12.8 Å². The number of amides is 2. The van der Waals surface area contributed by atoms with Crippen LogP contribution in [0.25, 0.3) is 0 Å². The van der Waals surface area contributed by atoms with Crippen LogP contribution in [-0.2, 0) is 16.0 Å². The molecular formula is C19H28N2O2S. The molecule has 0 N–H and O–H groups in total. The first-order valence-corrected chi connectivity index (χ1v) is 9.99. The molecule has 132 valence electrons. The van der Waals surface area contributed by atoms with E-state index in [9.17, 15) is 9.59 Å². The molecule has 2 aliphatic heterocycles. The molecule has 4 nitrogen and oxygen atoms in total. The average molecular weight is 349 g/mol. The van der Waals surface area contributed by atoms with Gasteiger partial charge < -0.3 is 9.80 Å². The van der Waals surface area contributed by atoms with Gasteiger partial charge in [0.25, 0.3) is 0 Å². The third kappa shape index (κ3) is 4.00. The Labute approximate surface area is 148 Å². The number of hydrogen-bond donors (Lipinski definition) is 0. The molecule has 0 radical (unpaired) electrons. The zero-order chi connectivity index (χ0) is 17.1. The maximum absolute atomic E-state index is 12.5. The van der Waals surface area contributed by atoms with E-state index in [2.05, 4.69) is 19.9 Å². The minimum absolute atomic E-state index is 0.250. The summed E-state index contributed by atoms with van der Waals surface area (Å²) in [5.41, 5.74) is 1.39. The molecule has 2 aliphatic rings. The fourth-order valence-corrected chi connectivity index (χ4v) is 4.99. The minimum Gasteiger partial charge on any atom is -0.341 e. The van der Waals surface area contributed by atoms with Gasteiger partial charge in [-0.15, -0.1) is 11.3 Å². The maximum atomic E-state index is 12.5. The van der Waals surface area contributed by atoms with E-state index >= 15 is 0 Å². The van der Waals surface area contributed by atoms with Crippen LogP contribution in [0.1, 0.15) is 53.8 Å². The Balaban J connectivity index is 1.47. The summed E-state index contributed by atoms with van der Waals surface area (Å²) in [6.07, 6.45) is 6.25. The van der Waals surface area contributed by atoms with Crippen LogP contribution in [0.15, 0.2) is 6.07 Å². The van der Waals surface area contributed by atoms with Gasteiger partial charge in [-0.05, 0) is 57.6 Å². The molecule has 0 bridgehead atoms. The molecule has 0 aliphatic carbocycles. The minimum atomic E-state index is 0.250. The molecular weight excluding hydrogens is 320 g/mol. The van der Waals surface area contributed by atoms with Crippen molar-refractivity contribution in [3.05, 3.63) is 21.4 Å². The van der Waals surface area contributed by atoms with Crippen LogP contribution < -0.4 is 0 Å². The second kappa shape index (κ2) is 7.68. The Bertz CT molecular complexity index is 611. The standard InChI is InChI=1S/C19H28N2O2S/c1-14-12-16(15(2)24-14)6-3-8-18(22)20-10-4-7-17(13-20)21-11-5-9-19(21)23/h12,17H,3-11,13H2,1-2H3. The van der Waals surface area contributed by atoms with E-state index in [-0.39, 0.29) is 17.9 Å². The van der Waals surface area contributed by atoms with Crippen molar-refractivity contribution in [1.82, 2.24) is 9.80 Å². The van der Waals surface area contributed by atoms with Crippen LogP contribution in [0.2, 0.25) is 0 Å². The second-order valence-electron chi connectivity index (χ2n) is 7.12. The third-order valence-corrected chi connectivity index (χ3v) is 6.29. The molecule has 24 heavy (non-hydrogen) atoms. The average Bonchev–Trinajstić information content (AvgIpc) is 3.12. The molecule has 2 amide bonds. The van der Waals surface area contributed by atoms with Gasteiger partial charge in [0.15, 0.2) is 0 Å². The smallest absolute Gasteiger partial charge is 0.222 e. The van der Waals surface area contributed by atoms with Gasteiger partial charge in [0, 0.05) is 48.3 Å². The van der Waals surface area contributed by atoms with Crippen LogP contribution in [-0.4, -0.2) is 47.3 Å². The van der Waals surface area contributed by atoms with Gasteiger partial charge in [0.1, 0.15) is 0 Å². The molecule has 0 spiro atoms. The van der Waals surface area contributed by atoms with Gasteiger partial charge >= 0.3 is 0 Å². The fraction of sp³-hybridized carbons (Fsp3) is 0.684. The predicted molar refractivity (Wildman–Crippen MR) is 97.3 cm³/mol. The second-order valence-corrected chi connectivity index (χ2v) is 8.58. The molecule has 1 unspecified atom stereocenters. The first-order chi connectivity index (χ1) is 11.5. The topological polar surface area (TPSA) is 40.6 Å². The van der Waals surface area contributed by atoms with Crippen molar-refractivity contribution >= 4 is 23.2 Å². The Morgan fingerprint density at radius 2 is 2.12 bits per heavy atom. The molecule has 2 saturated heterocycles. The first kappa shape index (κ1) is 17.5. The van der Waals surface area contributed by atoms with E-state index < -0.39 is 0 Å². The number of nitrogens with zero attached hydrogens (tertiary/aromatic N) is 2. The lowest BCUT2D eigenvalue weighted by Gasteiger charge is -2.37. The van der Waals surface area contributed by atoms with Gasteiger partial charge in [-0.1, -0.05) is 0 Å². The van der Waals surface area contributed by atoms with E-state index in [1.165, 1.54) is 15.3 Å². The molecule has 1 aromatic rings. The molecule has 3 heterocycles. The zero-order valence-electron chi connectivity index (χ0n) is 14.8. The van der Waals surface area contributed by atoms with Crippen LogP contribution >= 0.6 is 11.3 Å². The van der Waals surface area contributed by atoms with Crippen molar-refractivity contribution in [2.75, 3.05) is 19.6 Å². The Morgan fingerprint density at radius 1 is 1.29 bits per heavy atom. The van der Waals surface area contributed by atoms with Crippen LogP contribution in [0.4, 0.5) is 0 Å². The Kier molecular flexibility index (Phi) is 5.59. The van der Waals surface area contributed by atoms with E-state index in [1.807, 2.05) is 21.1 Å². The molecule has 0 saturated carbocycles. The van der Waals surface area contributed by atoms with Gasteiger partial charge in [-0.3, -0.25) is 9.59 Å². The highest BCUT2D eigenvalue weighted by Gasteiger charge is 2.32. The molecule has 5 heteroatoms. The summed E-state index contributed by atoms with van der Waals surface area (Å²) in [6.45, 7) is 6.77. The van der Waals surface area contributed by atoms with Gasteiger partial charge in [-0.2, -0.15) is 0 Å². The SMILES string of the molecule is Cc1cc(CCCC(=O)N2CCCC(N3CCCC3=O)C2)c(C)s1. The molecule has 1 atom stereocenters. The normalized spacial score (nSPS) is 21.6. The van der Waals surface area contributed by atoms with Gasteiger partial charge in [0.05, 0.1) is 0 Å². The highest BCUT2D eigenvalue weighted by molar-refractivity contribution is 7.12. The van der Waals surface area contributed by atoms with Crippen molar-refractivity contribution < 1.29 is 9.59 Å². The number of piperidine rings is 1. The first-order valence-electron chi connectivity index (χ1n) is 9.18. The molecule has 2 fully saturated rings. The van der Waals surface area contributed by atoms with Crippen LogP contribution in [0.5, 0.6) is 0 Å². The molecule has 1 aromatic heterocycles. The number of carbonyl (C=O) groups is 2. The summed E-state index contributed by atoms with van der Waals surface area (Å²) < 4.78 is 0. The van der Waals surface area contributed by atoms with Crippen molar-refractivity contribution in [3.8, 4) is 0 Å². The van der Waals surface area contributed by atoms with Crippen LogP contribution in [0, 0.1) is 13.8 Å². The van der Waals surface area contributed by atoms with Crippen LogP contribution in [0.3, 0.4) is 0 Å². The lowest BCUT2D eigenvalue weighted by atomic mass is 10.0. The fourth-order valence-electron chi connectivity index (χ4n) is 4.01. The largest absolute Gasteiger partial charge is 0.341 e. The summed E-state index contributed by atoms with van der Waals surface area (Å²) in [7, 11) is 0. The highest BCUT2D eigenvalue weighted by Crippen LogP contribution is 2.24. The maximum Gasteiger partial charge on any atom is 0.222 e. The van der Waals surface area contributed by atoms with Gasteiger partial charge in [0.2, 0.25) is 11.8 Å². The lowest BCUT2D eigenvalue weighted by molar-refractivity contribution is -0.137. The quantitative estimate of drug-likeness (QED) is 0.819. The van der Waals surface area contributed by atoms with Crippen molar-refractivity contribution in [2.45, 2.75) is 64.8 Å². The number of hydrogen-bond acceptors (Lipinski definition) is 3. The van der Waals surface area contributed by atoms with E-state index in [4.69, 9.17) is 0 Å². The summed E-state index contributed by atoms with van der Waals surface area (Å²) in [5.74, 6) is 0.536. The third-order valence-electron chi connectivity index (χ3n) is 5.28. The van der Waals surface area contributed by atoms with E-state index in [1.54, 1.807) is 0 Å². The summed E-state index contributed by atoms with van der Waals surface area (Å²) in [4.78, 5) is 31.2. The predicted octanol–water partition coefficient (Wildman–Crippen LogP) is 3.30. The Morgan fingerprint density at radius 3 is 2.79 bits per heavy atom. The number of likely N-dealkylation sites (tertiary alicyclic amines) is 2. The van der Waals surface area contributed by atoms with E-state index in [0.717, 1.165) is 51.7 Å². The summed E-state index contributed by atoms with van der Waals surface area (Å²) >= 11 is 1.84. The number of carbonyl (C=O) groups excluding carboxylic acids is 2. The number of aryl methyl sites for hydroxylation is 3. The number of rotatable bonds is 5. The summed E-state index contributed by atoms with van der Waals surface area (Å²) in [5, 5.41) is 0. The Hall–Kier alpha value is -1.36. The van der Waals surface area contributed by atoms with Gasteiger partial charge in [-0.25, -0.2) is 0 Å². The van der Waals surface area contributed by atoms with Crippen molar-refractivity contribution in [2.24, 2.45) is 0 Å². The van der Waals surface area contributed by atoms with Crippen molar-refractivity contribution in [1.29, 1.82) is 0 Å². The molecule has 0 aromatic carbocycles. The lowest BCUT2D eigenvalue weighted by Crippen LogP contribution is -2.50. The summed E-state index contributed by atoms with van der Waals surface area (Å²) in [6, 6.07) is 2.50.